The normalized spacial score (nSPS) is 16.8. The highest BCUT2D eigenvalue weighted by Gasteiger charge is 2.48. The van der Waals surface area contributed by atoms with Gasteiger partial charge in [-0.1, -0.05) is 53.8 Å². The molecule has 8 heteroatoms. The lowest BCUT2D eigenvalue weighted by molar-refractivity contribution is -0.132. The lowest BCUT2D eigenvalue weighted by Crippen LogP contribution is -2.29. The molecule has 3 aromatic carbocycles. The van der Waals surface area contributed by atoms with E-state index in [0.717, 1.165) is 21.3 Å². The maximum absolute atomic E-state index is 13.6. The van der Waals surface area contributed by atoms with E-state index in [-0.39, 0.29) is 11.3 Å². The van der Waals surface area contributed by atoms with Crippen molar-refractivity contribution in [3.63, 3.8) is 0 Å². The molecule has 1 N–H and O–H groups in total. The van der Waals surface area contributed by atoms with Gasteiger partial charge < -0.3 is 14.6 Å². The number of hydrogen-bond acceptors (Lipinski definition) is 7. The Morgan fingerprint density at radius 1 is 0.974 bits per heavy atom. The minimum Gasteiger partial charge on any atom is -0.507 e. The zero-order valence-corrected chi connectivity index (χ0v) is 22.5. The average molecular weight is 529 g/mol. The van der Waals surface area contributed by atoms with Crippen LogP contribution in [0.4, 0.5) is 5.13 Å². The van der Waals surface area contributed by atoms with Gasteiger partial charge in [-0.25, -0.2) is 4.98 Å². The van der Waals surface area contributed by atoms with Gasteiger partial charge in [-0.05, 0) is 62.6 Å². The van der Waals surface area contributed by atoms with Gasteiger partial charge in [0.1, 0.15) is 5.76 Å². The molecule has 7 nitrogen and oxygen atoms in total. The van der Waals surface area contributed by atoms with Gasteiger partial charge in [0.05, 0.1) is 35.0 Å². The smallest absolute Gasteiger partial charge is 0.301 e. The Bertz CT molecular complexity index is 1570. The SMILES string of the molecule is CCOc1ccc(C2C(=C(O)c3ccccc3)C(=O)C(=O)N2c2nc3c(C)cc(C)cc3s2)cc1OCC. The molecule has 1 fully saturated rings. The first-order chi connectivity index (χ1) is 18.3. The van der Waals surface area contributed by atoms with E-state index in [2.05, 4.69) is 0 Å². The van der Waals surface area contributed by atoms with Crippen LogP contribution in [-0.4, -0.2) is 35.0 Å². The lowest BCUT2D eigenvalue weighted by Gasteiger charge is -2.24. The topological polar surface area (TPSA) is 89.0 Å². The standard InChI is InChI=1S/C30H28N2O5S/c1-5-36-21-13-12-20(16-22(21)37-6-2)26-24(27(33)19-10-8-7-9-11-19)28(34)29(35)32(26)30-31-25-18(4)14-17(3)15-23(25)38-30/h7-16,26,33H,5-6H2,1-4H3. The van der Waals surface area contributed by atoms with Crippen molar-refractivity contribution in [2.45, 2.75) is 33.7 Å². The van der Waals surface area contributed by atoms with E-state index in [1.807, 2.05) is 45.9 Å². The number of hydrogen-bond donors (Lipinski definition) is 1. The zero-order chi connectivity index (χ0) is 27.0. The number of aromatic nitrogens is 1. The number of nitrogens with zero attached hydrogens (tertiary/aromatic N) is 2. The fraction of sp³-hybridized carbons (Fsp3) is 0.233. The number of thiazole rings is 1. The van der Waals surface area contributed by atoms with E-state index in [4.69, 9.17) is 14.5 Å². The summed E-state index contributed by atoms with van der Waals surface area (Å²) in [7, 11) is 0. The molecule has 0 saturated carbocycles. The van der Waals surface area contributed by atoms with Crippen molar-refractivity contribution >= 4 is 44.1 Å². The van der Waals surface area contributed by atoms with Gasteiger partial charge in [0.25, 0.3) is 5.78 Å². The molecule has 4 aromatic rings. The van der Waals surface area contributed by atoms with Crippen LogP contribution in [0, 0.1) is 13.8 Å². The number of amides is 1. The molecule has 0 spiro atoms. The molecule has 2 heterocycles. The number of fused-ring (bicyclic) bond motifs is 1. The Kier molecular flexibility index (Phi) is 6.91. The van der Waals surface area contributed by atoms with Crippen LogP contribution in [-0.2, 0) is 9.59 Å². The molecule has 0 aliphatic carbocycles. The van der Waals surface area contributed by atoms with Crippen molar-refractivity contribution in [3.8, 4) is 11.5 Å². The van der Waals surface area contributed by atoms with Crippen molar-refractivity contribution in [2.24, 2.45) is 0 Å². The monoisotopic (exact) mass is 528 g/mol. The van der Waals surface area contributed by atoms with Gasteiger partial charge in [-0.15, -0.1) is 0 Å². The third kappa shape index (κ3) is 4.41. The second-order valence-corrected chi connectivity index (χ2v) is 10.0. The van der Waals surface area contributed by atoms with E-state index in [0.29, 0.717) is 41.0 Å². The Morgan fingerprint density at radius 3 is 2.39 bits per heavy atom. The number of aryl methyl sites for hydroxylation is 2. The van der Waals surface area contributed by atoms with Gasteiger partial charge in [0.2, 0.25) is 0 Å². The molecule has 1 saturated heterocycles. The summed E-state index contributed by atoms with van der Waals surface area (Å²) < 4.78 is 12.5. The fourth-order valence-electron chi connectivity index (χ4n) is 4.80. The second-order valence-electron chi connectivity index (χ2n) is 9.03. The van der Waals surface area contributed by atoms with Crippen molar-refractivity contribution in [3.05, 3.63) is 88.5 Å². The summed E-state index contributed by atoms with van der Waals surface area (Å²) in [6.07, 6.45) is 0. The van der Waals surface area contributed by atoms with Gasteiger partial charge in [-0.2, -0.15) is 0 Å². The number of carbonyl (C=O) groups excluding carboxylic acids is 2. The number of Topliss-reactive ketones (excluding diaryl/α,β-unsaturated/α-hetero) is 1. The third-order valence-electron chi connectivity index (χ3n) is 6.40. The number of ketones is 1. The van der Waals surface area contributed by atoms with Gasteiger partial charge in [0.15, 0.2) is 16.6 Å². The molecule has 194 valence electrons. The van der Waals surface area contributed by atoms with Crippen molar-refractivity contribution < 1.29 is 24.2 Å². The van der Waals surface area contributed by atoms with Crippen LogP contribution in [0.2, 0.25) is 0 Å². The van der Waals surface area contributed by atoms with Crippen LogP contribution in [0.5, 0.6) is 11.5 Å². The molecule has 1 atom stereocenters. The fourth-order valence-corrected chi connectivity index (χ4v) is 5.96. The minimum absolute atomic E-state index is 0.0000306. The van der Waals surface area contributed by atoms with Crippen LogP contribution in [0.15, 0.2) is 66.2 Å². The number of aliphatic hydroxyl groups excluding tert-OH is 1. The van der Waals surface area contributed by atoms with Crippen LogP contribution < -0.4 is 14.4 Å². The first kappa shape index (κ1) is 25.5. The number of ether oxygens (including phenoxy) is 2. The molecule has 1 aliphatic heterocycles. The van der Waals surface area contributed by atoms with E-state index in [9.17, 15) is 14.7 Å². The van der Waals surface area contributed by atoms with Crippen molar-refractivity contribution in [1.82, 2.24) is 4.98 Å². The highest BCUT2D eigenvalue weighted by Crippen LogP contribution is 2.46. The number of rotatable bonds is 7. The molecule has 1 aliphatic rings. The molecule has 38 heavy (non-hydrogen) atoms. The van der Waals surface area contributed by atoms with Gasteiger partial charge in [0, 0.05) is 5.56 Å². The zero-order valence-electron chi connectivity index (χ0n) is 21.6. The minimum atomic E-state index is -0.910. The first-order valence-electron chi connectivity index (χ1n) is 12.5. The highest BCUT2D eigenvalue weighted by molar-refractivity contribution is 7.22. The molecular weight excluding hydrogens is 500 g/mol. The van der Waals surface area contributed by atoms with Crippen molar-refractivity contribution in [1.29, 1.82) is 0 Å². The lowest BCUT2D eigenvalue weighted by atomic mass is 9.95. The summed E-state index contributed by atoms with van der Waals surface area (Å²) in [4.78, 5) is 33.3. The molecule has 1 unspecified atom stereocenters. The molecule has 5 rings (SSSR count). The average Bonchev–Trinajstić information content (AvgIpc) is 3.44. The summed E-state index contributed by atoms with van der Waals surface area (Å²) >= 11 is 1.34. The van der Waals surface area contributed by atoms with Gasteiger partial charge in [-0.3, -0.25) is 14.5 Å². The Morgan fingerprint density at radius 2 is 1.68 bits per heavy atom. The summed E-state index contributed by atoms with van der Waals surface area (Å²) in [6, 6.07) is 17.2. The predicted octanol–water partition coefficient (Wildman–Crippen LogP) is 6.34. The summed E-state index contributed by atoms with van der Waals surface area (Å²) in [6.45, 7) is 8.60. The van der Waals surface area contributed by atoms with E-state index < -0.39 is 17.7 Å². The molecule has 0 radical (unpaired) electrons. The van der Waals surface area contributed by atoms with Crippen LogP contribution in [0.25, 0.3) is 16.0 Å². The maximum atomic E-state index is 13.6. The summed E-state index contributed by atoms with van der Waals surface area (Å²) in [5.74, 6) is -0.698. The Hall–Kier alpha value is -4.17. The van der Waals surface area contributed by atoms with Gasteiger partial charge >= 0.3 is 5.91 Å². The molecule has 1 aromatic heterocycles. The number of anilines is 1. The van der Waals surface area contributed by atoms with Crippen LogP contribution in [0.3, 0.4) is 0 Å². The predicted molar refractivity (Wildman–Crippen MR) is 149 cm³/mol. The summed E-state index contributed by atoms with van der Waals surface area (Å²) in [5, 5.41) is 11.7. The van der Waals surface area contributed by atoms with Crippen molar-refractivity contribution in [2.75, 3.05) is 18.1 Å². The van der Waals surface area contributed by atoms with E-state index in [1.54, 1.807) is 42.5 Å². The largest absolute Gasteiger partial charge is 0.507 e. The third-order valence-corrected chi connectivity index (χ3v) is 7.40. The molecular formula is C30H28N2O5S. The first-order valence-corrected chi connectivity index (χ1v) is 13.3. The maximum Gasteiger partial charge on any atom is 0.301 e. The van der Waals surface area contributed by atoms with E-state index >= 15 is 0 Å². The number of aliphatic hydroxyl groups is 1. The quantitative estimate of drug-likeness (QED) is 0.171. The van der Waals surface area contributed by atoms with E-state index in [1.165, 1.54) is 16.2 Å². The highest BCUT2D eigenvalue weighted by atomic mass is 32.1. The molecule has 1 amide bonds. The number of carbonyl (C=O) groups is 2. The number of benzene rings is 3. The second kappa shape index (κ2) is 10.3. The van der Waals surface area contributed by atoms with Crippen LogP contribution >= 0.6 is 11.3 Å². The van der Waals surface area contributed by atoms with Crippen LogP contribution in [0.1, 0.15) is 42.1 Å². The Labute approximate surface area is 225 Å². The molecule has 0 bridgehead atoms. The summed E-state index contributed by atoms with van der Waals surface area (Å²) in [5.41, 5.74) is 3.89. The Balaban J connectivity index is 1.75.